The summed E-state index contributed by atoms with van der Waals surface area (Å²) in [4.78, 5) is 23.4. The number of hydrogen-bond donors (Lipinski definition) is 1. The fourth-order valence-corrected chi connectivity index (χ4v) is 2.82. The van der Waals surface area contributed by atoms with Gasteiger partial charge in [-0.05, 0) is 36.1 Å². The van der Waals surface area contributed by atoms with E-state index in [4.69, 9.17) is 4.74 Å². The van der Waals surface area contributed by atoms with Crippen molar-refractivity contribution >= 4 is 17.9 Å². The molecule has 2 aliphatic heterocycles. The molecule has 2 unspecified atom stereocenters. The number of anilines is 1. The molecule has 1 fully saturated rings. The molecule has 2 aliphatic rings. The van der Waals surface area contributed by atoms with Crippen LogP contribution in [0.25, 0.3) is 0 Å². The van der Waals surface area contributed by atoms with E-state index in [1.54, 1.807) is 0 Å². The summed E-state index contributed by atoms with van der Waals surface area (Å²) in [5.41, 5.74) is 2.86. The van der Waals surface area contributed by atoms with Crippen molar-refractivity contribution in [1.29, 1.82) is 0 Å². The number of nitrogens with one attached hydrogen (secondary N) is 1. The fourth-order valence-electron chi connectivity index (χ4n) is 2.82. The highest BCUT2D eigenvalue weighted by Crippen LogP contribution is 2.51. The Labute approximate surface area is 132 Å². The van der Waals surface area contributed by atoms with Gasteiger partial charge in [-0.3, -0.25) is 9.59 Å². The Hall–Kier alpha value is -1.68. The second-order valence-corrected chi connectivity index (χ2v) is 6.58. The molecule has 1 amide bonds. The maximum absolute atomic E-state index is 12.1. The standard InChI is InChI=1S/C16H19NO3.C2H6/c1-16(2,3)15(19)17-12-7-11-10(6-9(12)8-18)13-4-5-14(11)20-13;1-2/h6-8,13-14H,4-5H2,1-3H3,(H,17,19);1-2H3. The minimum atomic E-state index is -0.491. The predicted octanol–water partition coefficient (Wildman–Crippen LogP) is 4.42. The van der Waals surface area contributed by atoms with Crippen molar-refractivity contribution in [1.82, 2.24) is 0 Å². The highest BCUT2D eigenvalue weighted by atomic mass is 16.5. The lowest BCUT2D eigenvalue weighted by Crippen LogP contribution is -2.28. The average Bonchev–Trinajstić information content (AvgIpc) is 3.09. The second-order valence-electron chi connectivity index (χ2n) is 6.58. The van der Waals surface area contributed by atoms with Crippen LogP contribution in [-0.4, -0.2) is 12.2 Å². The van der Waals surface area contributed by atoms with E-state index in [-0.39, 0.29) is 18.1 Å². The monoisotopic (exact) mass is 303 g/mol. The van der Waals surface area contributed by atoms with Crippen LogP contribution in [-0.2, 0) is 9.53 Å². The van der Waals surface area contributed by atoms with Crippen LogP contribution in [0, 0.1) is 5.41 Å². The van der Waals surface area contributed by atoms with E-state index < -0.39 is 5.41 Å². The van der Waals surface area contributed by atoms with Crippen LogP contribution < -0.4 is 5.32 Å². The van der Waals surface area contributed by atoms with Crippen LogP contribution in [0.4, 0.5) is 5.69 Å². The smallest absolute Gasteiger partial charge is 0.229 e. The Kier molecular flexibility index (Phi) is 4.71. The van der Waals surface area contributed by atoms with E-state index in [0.29, 0.717) is 11.3 Å². The summed E-state index contributed by atoms with van der Waals surface area (Å²) in [6.07, 6.45) is 3.08. The highest BCUT2D eigenvalue weighted by molar-refractivity contribution is 5.99. The molecule has 2 bridgehead atoms. The van der Waals surface area contributed by atoms with E-state index in [0.717, 1.165) is 30.3 Å². The van der Waals surface area contributed by atoms with Crippen molar-refractivity contribution in [2.45, 2.75) is 59.7 Å². The number of aldehydes is 1. The molecule has 2 atom stereocenters. The van der Waals surface area contributed by atoms with Gasteiger partial charge in [0.25, 0.3) is 0 Å². The summed E-state index contributed by atoms with van der Waals surface area (Å²) < 4.78 is 5.84. The van der Waals surface area contributed by atoms with Crippen molar-refractivity contribution < 1.29 is 14.3 Å². The highest BCUT2D eigenvalue weighted by Gasteiger charge is 2.38. The van der Waals surface area contributed by atoms with Crippen LogP contribution in [0.2, 0.25) is 0 Å². The molecule has 1 N–H and O–H groups in total. The Morgan fingerprint density at radius 2 is 1.73 bits per heavy atom. The number of rotatable bonds is 2. The topological polar surface area (TPSA) is 55.4 Å². The third kappa shape index (κ3) is 2.93. The number of benzene rings is 1. The summed E-state index contributed by atoms with van der Waals surface area (Å²) in [7, 11) is 0. The van der Waals surface area contributed by atoms with Gasteiger partial charge in [-0.15, -0.1) is 0 Å². The average molecular weight is 303 g/mol. The van der Waals surface area contributed by atoms with Crippen molar-refractivity contribution in [3.63, 3.8) is 0 Å². The molecule has 0 aromatic heterocycles. The minimum Gasteiger partial charge on any atom is -0.366 e. The van der Waals surface area contributed by atoms with Gasteiger partial charge in [-0.1, -0.05) is 34.6 Å². The molecule has 2 heterocycles. The largest absolute Gasteiger partial charge is 0.366 e. The molecule has 0 radical (unpaired) electrons. The van der Waals surface area contributed by atoms with Crippen LogP contribution >= 0.6 is 0 Å². The third-order valence-electron chi connectivity index (χ3n) is 4.02. The summed E-state index contributed by atoms with van der Waals surface area (Å²) in [6.45, 7) is 9.55. The predicted molar refractivity (Wildman–Crippen MR) is 87.1 cm³/mol. The number of amides is 1. The molecule has 22 heavy (non-hydrogen) atoms. The molecule has 0 aliphatic carbocycles. The molecule has 1 aromatic carbocycles. The van der Waals surface area contributed by atoms with Crippen molar-refractivity contribution in [3.8, 4) is 0 Å². The maximum Gasteiger partial charge on any atom is 0.229 e. The first-order valence-corrected chi connectivity index (χ1v) is 8.00. The first-order chi connectivity index (χ1) is 10.4. The summed E-state index contributed by atoms with van der Waals surface area (Å²) >= 11 is 0. The molecular formula is C18H25NO3. The Morgan fingerprint density at radius 1 is 1.18 bits per heavy atom. The van der Waals surface area contributed by atoms with E-state index >= 15 is 0 Å². The third-order valence-corrected chi connectivity index (χ3v) is 4.02. The summed E-state index contributed by atoms with van der Waals surface area (Å²) in [6, 6.07) is 3.77. The van der Waals surface area contributed by atoms with Gasteiger partial charge in [0.1, 0.15) is 0 Å². The quantitative estimate of drug-likeness (QED) is 0.823. The van der Waals surface area contributed by atoms with E-state index in [1.807, 2.05) is 46.8 Å². The lowest BCUT2D eigenvalue weighted by atomic mass is 9.89. The van der Waals surface area contributed by atoms with Gasteiger partial charge in [0.15, 0.2) is 6.29 Å². The van der Waals surface area contributed by atoms with Gasteiger partial charge in [0, 0.05) is 11.0 Å². The van der Waals surface area contributed by atoms with E-state index in [1.165, 1.54) is 0 Å². The zero-order valence-corrected chi connectivity index (χ0v) is 14.0. The van der Waals surface area contributed by atoms with Crippen LogP contribution in [0.3, 0.4) is 0 Å². The second kappa shape index (κ2) is 6.21. The minimum absolute atomic E-state index is 0.0929. The molecule has 3 rings (SSSR count). The van der Waals surface area contributed by atoms with E-state index in [9.17, 15) is 9.59 Å². The number of carbonyl (C=O) groups excluding carboxylic acids is 2. The van der Waals surface area contributed by atoms with E-state index in [2.05, 4.69) is 5.32 Å². The summed E-state index contributed by atoms with van der Waals surface area (Å²) in [5, 5.41) is 2.86. The van der Waals surface area contributed by atoms with Crippen LogP contribution in [0.15, 0.2) is 12.1 Å². The molecule has 120 valence electrons. The molecule has 1 saturated heterocycles. The molecule has 0 saturated carbocycles. The Bertz CT molecular complexity index is 587. The normalized spacial score (nSPS) is 21.7. The Morgan fingerprint density at radius 3 is 2.23 bits per heavy atom. The van der Waals surface area contributed by atoms with Crippen LogP contribution in [0.5, 0.6) is 0 Å². The molecule has 1 aromatic rings. The van der Waals surface area contributed by atoms with Gasteiger partial charge in [-0.2, -0.15) is 0 Å². The van der Waals surface area contributed by atoms with Gasteiger partial charge in [-0.25, -0.2) is 0 Å². The number of hydrogen-bond acceptors (Lipinski definition) is 3. The van der Waals surface area contributed by atoms with Crippen molar-refractivity contribution in [2.24, 2.45) is 5.41 Å². The molecule has 4 heteroatoms. The van der Waals surface area contributed by atoms with Crippen molar-refractivity contribution in [2.75, 3.05) is 5.32 Å². The van der Waals surface area contributed by atoms with Crippen molar-refractivity contribution in [3.05, 3.63) is 28.8 Å². The van der Waals surface area contributed by atoms with Gasteiger partial charge < -0.3 is 10.1 Å². The Balaban J connectivity index is 0.000000847. The number of fused-ring (bicyclic) bond motifs is 5. The fraction of sp³-hybridized carbons (Fsp3) is 0.556. The molecular weight excluding hydrogens is 278 g/mol. The maximum atomic E-state index is 12.1. The zero-order chi connectivity index (χ0) is 16.5. The first-order valence-electron chi connectivity index (χ1n) is 8.00. The van der Waals surface area contributed by atoms with Gasteiger partial charge in [0.2, 0.25) is 5.91 Å². The van der Waals surface area contributed by atoms with Crippen LogP contribution in [0.1, 0.15) is 81.2 Å². The molecule has 4 nitrogen and oxygen atoms in total. The lowest BCUT2D eigenvalue weighted by Gasteiger charge is -2.20. The lowest BCUT2D eigenvalue weighted by molar-refractivity contribution is -0.123. The number of carbonyl (C=O) groups is 2. The van der Waals surface area contributed by atoms with Gasteiger partial charge in [0.05, 0.1) is 17.9 Å². The summed E-state index contributed by atoms with van der Waals surface area (Å²) in [5.74, 6) is -0.0929. The molecule has 0 spiro atoms. The SMILES string of the molecule is CC.CC(C)(C)C(=O)Nc1cc2c(cc1C=O)C1CCC2O1. The van der Waals surface area contributed by atoms with Gasteiger partial charge >= 0.3 is 0 Å². The number of ether oxygens (including phenoxy) is 1. The first kappa shape index (κ1) is 16.7. The zero-order valence-electron chi connectivity index (χ0n) is 14.0.